The lowest BCUT2D eigenvalue weighted by molar-refractivity contribution is -0.122. The summed E-state index contributed by atoms with van der Waals surface area (Å²) in [6, 6.07) is 3.74. The number of amides is 1. The first-order valence-corrected chi connectivity index (χ1v) is 6.63. The highest BCUT2D eigenvalue weighted by Gasteiger charge is 2.12. The summed E-state index contributed by atoms with van der Waals surface area (Å²) in [6.07, 6.45) is 0. The van der Waals surface area contributed by atoms with Crippen molar-refractivity contribution in [2.24, 2.45) is 11.7 Å². The van der Waals surface area contributed by atoms with E-state index in [1.54, 1.807) is 14.0 Å². The van der Waals surface area contributed by atoms with Crippen LogP contribution in [0.4, 0.5) is 0 Å². The van der Waals surface area contributed by atoms with E-state index in [0.29, 0.717) is 18.9 Å². The van der Waals surface area contributed by atoms with Gasteiger partial charge in [-0.2, -0.15) is 0 Å². The van der Waals surface area contributed by atoms with Crippen molar-refractivity contribution in [3.05, 3.63) is 23.5 Å². The second kappa shape index (κ2) is 8.50. The molecule has 0 aliphatic heterocycles. The maximum Gasteiger partial charge on any atom is 0.223 e. The predicted octanol–water partition coefficient (Wildman–Crippen LogP) is 0.626. The lowest BCUT2D eigenvalue weighted by atomic mass is 10.2. The number of hydrogen-bond donors (Lipinski definition) is 2. The fraction of sp³-hybridized carbons (Fsp3) is 0.571. The molecular weight excluding hydrogens is 258 g/mol. The molecule has 1 heterocycles. The first-order valence-electron chi connectivity index (χ1n) is 6.63. The number of pyridine rings is 1. The number of carbonyl (C=O) groups excluding carboxylic acids is 1. The van der Waals surface area contributed by atoms with Gasteiger partial charge in [-0.1, -0.05) is 6.92 Å². The van der Waals surface area contributed by atoms with Gasteiger partial charge in [-0.05, 0) is 19.1 Å². The average Bonchev–Trinajstić information content (AvgIpc) is 2.42. The zero-order valence-corrected chi connectivity index (χ0v) is 12.3. The van der Waals surface area contributed by atoms with Gasteiger partial charge in [0.25, 0.3) is 0 Å². The van der Waals surface area contributed by atoms with E-state index >= 15 is 0 Å². The highest BCUT2D eigenvalue weighted by molar-refractivity contribution is 5.76. The molecule has 0 saturated heterocycles. The number of ether oxygens (including phenoxy) is 2. The van der Waals surface area contributed by atoms with Crippen LogP contribution in [0.5, 0.6) is 5.75 Å². The van der Waals surface area contributed by atoms with Crippen LogP contribution < -0.4 is 15.8 Å². The number of methoxy groups -OCH3 is 1. The highest BCUT2D eigenvalue weighted by atomic mass is 16.5. The maximum atomic E-state index is 11.0. The topological polar surface area (TPSA) is 86.5 Å². The molecule has 6 nitrogen and oxygen atoms in total. The van der Waals surface area contributed by atoms with Crippen molar-refractivity contribution in [1.29, 1.82) is 0 Å². The number of nitrogens with one attached hydrogen (secondary N) is 1. The summed E-state index contributed by atoms with van der Waals surface area (Å²) >= 11 is 0. The van der Waals surface area contributed by atoms with Crippen molar-refractivity contribution in [2.45, 2.75) is 20.4 Å². The van der Waals surface area contributed by atoms with Crippen molar-refractivity contribution in [3.8, 4) is 5.75 Å². The minimum Gasteiger partial charge on any atom is -0.491 e. The Morgan fingerprint density at radius 3 is 2.90 bits per heavy atom. The summed E-state index contributed by atoms with van der Waals surface area (Å²) in [4.78, 5) is 15.5. The SMILES string of the molecule is COCCNCc1nc(C)ccc1OCC(C)C(N)=O. The minimum atomic E-state index is -0.371. The van der Waals surface area contributed by atoms with Crippen molar-refractivity contribution >= 4 is 5.91 Å². The molecule has 0 aliphatic rings. The summed E-state index contributed by atoms with van der Waals surface area (Å²) in [5.74, 6) is -0.0240. The minimum absolute atomic E-state index is 0.255. The van der Waals surface area contributed by atoms with Gasteiger partial charge in [-0.25, -0.2) is 0 Å². The number of nitrogens with zero attached hydrogens (tertiary/aromatic N) is 1. The zero-order valence-electron chi connectivity index (χ0n) is 12.3. The molecule has 1 aromatic rings. The van der Waals surface area contributed by atoms with E-state index in [0.717, 1.165) is 17.9 Å². The van der Waals surface area contributed by atoms with E-state index in [4.69, 9.17) is 15.2 Å². The Morgan fingerprint density at radius 1 is 1.50 bits per heavy atom. The standard InChI is InChI=1S/C14H23N3O3/c1-10(14(15)18)9-20-13-5-4-11(2)17-12(13)8-16-6-7-19-3/h4-5,10,16H,6-9H2,1-3H3,(H2,15,18). The van der Waals surface area contributed by atoms with E-state index in [9.17, 15) is 4.79 Å². The Kier molecular flexibility index (Phi) is 6.97. The number of carbonyl (C=O) groups is 1. The Labute approximate surface area is 119 Å². The van der Waals surface area contributed by atoms with E-state index in [1.807, 2.05) is 19.1 Å². The fourth-order valence-corrected chi connectivity index (χ4v) is 1.53. The lowest BCUT2D eigenvalue weighted by Crippen LogP contribution is -2.26. The van der Waals surface area contributed by atoms with Gasteiger partial charge in [-0.15, -0.1) is 0 Å². The second-order valence-corrected chi connectivity index (χ2v) is 4.68. The quantitative estimate of drug-likeness (QED) is 0.648. The van der Waals surface area contributed by atoms with Crippen LogP contribution >= 0.6 is 0 Å². The van der Waals surface area contributed by atoms with Crippen molar-refractivity contribution in [3.63, 3.8) is 0 Å². The van der Waals surface area contributed by atoms with E-state index in [2.05, 4.69) is 10.3 Å². The molecule has 112 valence electrons. The molecular formula is C14H23N3O3. The second-order valence-electron chi connectivity index (χ2n) is 4.68. The summed E-state index contributed by atoms with van der Waals surface area (Å²) in [6.45, 7) is 5.88. The summed E-state index contributed by atoms with van der Waals surface area (Å²) in [7, 11) is 1.66. The molecule has 0 aromatic carbocycles. The molecule has 20 heavy (non-hydrogen) atoms. The molecule has 1 atom stereocenters. The lowest BCUT2D eigenvalue weighted by Gasteiger charge is -2.14. The third kappa shape index (κ3) is 5.54. The summed E-state index contributed by atoms with van der Waals surface area (Å²) < 4.78 is 10.6. The molecule has 1 unspecified atom stereocenters. The monoisotopic (exact) mass is 281 g/mol. The van der Waals surface area contributed by atoms with Crippen LogP contribution in [-0.2, 0) is 16.1 Å². The first kappa shape index (κ1) is 16.4. The van der Waals surface area contributed by atoms with Crippen LogP contribution in [0, 0.1) is 12.8 Å². The van der Waals surface area contributed by atoms with Crippen LogP contribution in [0.3, 0.4) is 0 Å². The van der Waals surface area contributed by atoms with Crippen molar-refractivity contribution in [1.82, 2.24) is 10.3 Å². The van der Waals surface area contributed by atoms with Crippen LogP contribution in [0.1, 0.15) is 18.3 Å². The Hall–Kier alpha value is -1.66. The zero-order chi connectivity index (χ0) is 15.0. The number of primary amides is 1. The molecule has 0 radical (unpaired) electrons. The number of rotatable bonds is 9. The van der Waals surface area contributed by atoms with Crippen molar-refractivity contribution < 1.29 is 14.3 Å². The number of aryl methyl sites for hydroxylation is 1. The summed E-state index contributed by atoms with van der Waals surface area (Å²) in [5, 5.41) is 3.22. The number of aromatic nitrogens is 1. The van der Waals surface area contributed by atoms with Gasteiger partial charge < -0.3 is 20.5 Å². The van der Waals surface area contributed by atoms with Gasteiger partial charge in [0.2, 0.25) is 5.91 Å². The van der Waals surface area contributed by atoms with E-state index in [-0.39, 0.29) is 18.4 Å². The molecule has 0 bridgehead atoms. The van der Waals surface area contributed by atoms with Gasteiger partial charge in [0.05, 0.1) is 24.8 Å². The molecule has 1 amide bonds. The maximum absolute atomic E-state index is 11.0. The van der Waals surface area contributed by atoms with Crippen LogP contribution in [-0.4, -0.2) is 37.8 Å². The molecule has 0 fully saturated rings. The molecule has 0 spiro atoms. The normalized spacial score (nSPS) is 12.2. The smallest absolute Gasteiger partial charge is 0.223 e. The first-order chi connectivity index (χ1) is 9.54. The molecule has 3 N–H and O–H groups in total. The van der Waals surface area contributed by atoms with Gasteiger partial charge in [0, 0.05) is 25.9 Å². The number of hydrogen-bond acceptors (Lipinski definition) is 5. The third-order valence-corrected chi connectivity index (χ3v) is 2.82. The third-order valence-electron chi connectivity index (χ3n) is 2.82. The summed E-state index contributed by atoms with van der Waals surface area (Å²) in [5.41, 5.74) is 6.95. The molecule has 1 aromatic heterocycles. The van der Waals surface area contributed by atoms with Gasteiger partial charge in [0.1, 0.15) is 5.75 Å². The van der Waals surface area contributed by atoms with Crippen LogP contribution in [0.15, 0.2) is 12.1 Å². The molecule has 0 saturated carbocycles. The Balaban J connectivity index is 2.62. The fourth-order valence-electron chi connectivity index (χ4n) is 1.53. The Morgan fingerprint density at radius 2 is 2.25 bits per heavy atom. The Bertz CT molecular complexity index is 438. The average molecular weight is 281 g/mol. The van der Waals surface area contributed by atoms with E-state index < -0.39 is 0 Å². The van der Waals surface area contributed by atoms with Gasteiger partial charge in [0.15, 0.2) is 0 Å². The molecule has 6 heteroatoms. The molecule has 1 rings (SSSR count). The highest BCUT2D eigenvalue weighted by Crippen LogP contribution is 2.17. The number of nitrogens with two attached hydrogens (primary N) is 1. The van der Waals surface area contributed by atoms with Crippen molar-refractivity contribution in [2.75, 3.05) is 26.9 Å². The van der Waals surface area contributed by atoms with Crippen LogP contribution in [0.2, 0.25) is 0 Å². The molecule has 0 aliphatic carbocycles. The van der Waals surface area contributed by atoms with Crippen LogP contribution in [0.25, 0.3) is 0 Å². The van der Waals surface area contributed by atoms with Gasteiger partial charge in [-0.3, -0.25) is 9.78 Å². The van der Waals surface area contributed by atoms with E-state index in [1.165, 1.54) is 0 Å². The van der Waals surface area contributed by atoms with Gasteiger partial charge >= 0.3 is 0 Å². The largest absolute Gasteiger partial charge is 0.491 e. The predicted molar refractivity (Wildman–Crippen MR) is 76.4 cm³/mol.